The van der Waals surface area contributed by atoms with Gasteiger partial charge in [-0.3, -0.25) is 9.69 Å². The number of hydrogen-bond acceptors (Lipinski definition) is 4. The number of halogens is 3. The molecule has 1 aliphatic heterocycles. The summed E-state index contributed by atoms with van der Waals surface area (Å²) in [6.45, 7) is 3.72. The minimum Gasteiger partial charge on any atom is -0.441 e. The molecule has 0 saturated carbocycles. The summed E-state index contributed by atoms with van der Waals surface area (Å²) < 4.78 is 43.9. The molecule has 8 heteroatoms. The summed E-state index contributed by atoms with van der Waals surface area (Å²) >= 11 is 0. The van der Waals surface area contributed by atoms with Crippen molar-refractivity contribution in [2.75, 3.05) is 24.5 Å². The summed E-state index contributed by atoms with van der Waals surface area (Å²) in [5, 5.41) is 0. The fourth-order valence-electron chi connectivity index (χ4n) is 3.45. The van der Waals surface area contributed by atoms with Crippen LogP contribution in [0.3, 0.4) is 0 Å². The molecule has 0 unspecified atom stereocenters. The van der Waals surface area contributed by atoms with E-state index in [1.807, 2.05) is 35.2 Å². The minimum atomic E-state index is -4.38. The Kier molecular flexibility index (Phi) is 5.34. The molecule has 1 aromatic heterocycles. The number of nitrogens with zero attached hydrogens (tertiary/aromatic N) is 3. The highest BCUT2D eigenvalue weighted by Gasteiger charge is 2.30. The van der Waals surface area contributed by atoms with Crippen LogP contribution >= 0.6 is 0 Å². The van der Waals surface area contributed by atoms with E-state index < -0.39 is 11.7 Å². The lowest BCUT2D eigenvalue weighted by Gasteiger charge is -2.34. The number of benzene rings is 2. The van der Waals surface area contributed by atoms with Crippen LogP contribution < -0.4 is 4.90 Å². The van der Waals surface area contributed by atoms with Gasteiger partial charge < -0.3 is 9.32 Å². The fourth-order valence-corrected chi connectivity index (χ4v) is 3.45. The van der Waals surface area contributed by atoms with Crippen LogP contribution in [0.4, 0.5) is 18.9 Å². The summed E-state index contributed by atoms with van der Waals surface area (Å²) in [6.07, 6.45) is -4.38. The van der Waals surface area contributed by atoms with E-state index >= 15 is 0 Å². The molecule has 0 N–H and O–H groups in total. The Morgan fingerprint density at radius 1 is 1.03 bits per heavy atom. The van der Waals surface area contributed by atoms with Gasteiger partial charge in [0.15, 0.2) is 0 Å². The van der Waals surface area contributed by atoms with Crippen LogP contribution in [-0.2, 0) is 17.5 Å². The molecule has 1 amide bonds. The first kappa shape index (κ1) is 20.2. The molecule has 0 bridgehead atoms. The molecule has 0 atom stereocenters. The largest absolute Gasteiger partial charge is 0.441 e. The highest BCUT2D eigenvalue weighted by Crippen LogP contribution is 2.31. The van der Waals surface area contributed by atoms with Gasteiger partial charge in [0, 0.05) is 30.9 Å². The first-order chi connectivity index (χ1) is 14.3. The van der Waals surface area contributed by atoms with E-state index in [2.05, 4.69) is 4.98 Å². The van der Waals surface area contributed by atoms with E-state index in [0.717, 1.165) is 17.8 Å². The van der Waals surface area contributed by atoms with E-state index in [9.17, 15) is 18.0 Å². The van der Waals surface area contributed by atoms with Crippen LogP contribution in [0.2, 0.25) is 0 Å². The smallest absolute Gasteiger partial charge is 0.416 e. The van der Waals surface area contributed by atoms with Gasteiger partial charge in [0.05, 0.1) is 17.8 Å². The number of piperazine rings is 1. The van der Waals surface area contributed by atoms with Crippen molar-refractivity contribution in [3.63, 3.8) is 0 Å². The van der Waals surface area contributed by atoms with Gasteiger partial charge >= 0.3 is 6.18 Å². The number of anilines is 1. The number of hydrogen-bond donors (Lipinski definition) is 0. The lowest BCUT2D eigenvalue weighted by molar-refractivity contribution is -0.137. The normalized spacial score (nSPS) is 15.6. The molecule has 3 aromatic rings. The van der Waals surface area contributed by atoms with E-state index in [-0.39, 0.29) is 18.3 Å². The topological polar surface area (TPSA) is 49.6 Å². The predicted octanol–water partition coefficient (Wildman–Crippen LogP) is 4.52. The lowest BCUT2D eigenvalue weighted by Crippen LogP contribution is -2.50. The van der Waals surface area contributed by atoms with Crippen molar-refractivity contribution in [3.8, 4) is 11.5 Å². The number of oxazole rings is 1. The van der Waals surface area contributed by atoms with Crippen LogP contribution in [0, 0.1) is 6.92 Å². The third-order valence-corrected chi connectivity index (χ3v) is 5.09. The van der Waals surface area contributed by atoms with Gasteiger partial charge in [-0.1, -0.05) is 18.2 Å². The highest BCUT2D eigenvalue weighted by atomic mass is 19.4. The summed E-state index contributed by atoms with van der Waals surface area (Å²) in [5.74, 6) is 0.866. The van der Waals surface area contributed by atoms with Crippen molar-refractivity contribution in [1.82, 2.24) is 9.88 Å². The number of aryl methyl sites for hydroxylation is 1. The number of para-hydroxylation sites is 1. The third kappa shape index (κ3) is 4.23. The van der Waals surface area contributed by atoms with Crippen molar-refractivity contribution in [1.29, 1.82) is 0 Å². The van der Waals surface area contributed by atoms with Gasteiger partial charge in [0.25, 0.3) is 0 Å². The lowest BCUT2D eigenvalue weighted by atomic mass is 10.1. The molecule has 156 valence electrons. The van der Waals surface area contributed by atoms with Crippen LogP contribution in [-0.4, -0.2) is 35.4 Å². The second-order valence-corrected chi connectivity index (χ2v) is 7.19. The Morgan fingerprint density at radius 2 is 1.73 bits per heavy atom. The summed E-state index contributed by atoms with van der Waals surface area (Å²) in [4.78, 5) is 20.8. The zero-order valence-corrected chi connectivity index (χ0v) is 16.3. The first-order valence-electron chi connectivity index (χ1n) is 9.53. The molecule has 0 radical (unpaired) electrons. The maximum Gasteiger partial charge on any atom is 0.416 e. The Morgan fingerprint density at radius 3 is 2.37 bits per heavy atom. The van der Waals surface area contributed by atoms with E-state index in [0.29, 0.717) is 36.7 Å². The molecule has 1 aliphatic rings. The van der Waals surface area contributed by atoms with Gasteiger partial charge in [-0.2, -0.15) is 13.2 Å². The average Bonchev–Trinajstić information content (AvgIpc) is 3.08. The number of rotatable bonds is 4. The second-order valence-electron chi connectivity index (χ2n) is 7.19. The zero-order chi connectivity index (χ0) is 21.3. The number of carbonyl (C=O) groups excluding carboxylic acids is 1. The SMILES string of the molecule is Cc1oc(-c2ccc(C(F)(F)F)cc2)nc1CN1CCN(c2ccccc2)C(=O)C1. The van der Waals surface area contributed by atoms with Crippen molar-refractivity contribution in [2.45, 2.75) is 19.6 Å². The number of aromatic nitrogens is 1. The van der Waals surface area contributed by atoms with Gasteiger partial charge in [-0.05, 0) is 43.3 Å². The summed E-state index contributed by atoms with van der Waals surface area (Å²) in [5.41, 5.74) is 1.31. The molecular weight excluding hydrogens is 395 g/mol. The van der Waals surface area contributed by atoms with Crippen LogP contribution in [0.25, 0.3) is 11.5 Å². The summed E-state index contributed by atoms with van der Waals surface area (Å²) in [6, 6.07) is 14.2. The van der Waals surface area contributed by atoms with Crippen molar-refractivity contribution < 1.29 is 22.4 Å². The molecule has 1 fully saturated rings. The molecule has 1 saturated heterocycles. The fraction of sp³-hybridized carbons (Fsp3) is 0.273. The molecule has 4 rings (SSSR count). The molecule has 0 aliphatic carbocycles. The van der Waals surface area contributed by atoms with Crippen molar-refractivity contribution in [3.05, 3.63) is 71.6 Å². The average molecular weight is 415 g/mol. The number of carbonyl (C=O) groups is 1. The Hall–Kier alpha value is -3.13. The quantitative estimate of drug-likeness (QED) is 0.629. The van der Waals surface area contributed by atoms with Gasteiger partial charge in [0.1, 0.15) is 5.76 Å². The Balaban J connectivity index is 1.44. The number of amides is 1. The molecular formula is C22H20F3N3O2. The van der Waals surface area contributed by atoms with Crippen LogP contribution in [0.15, 0.2) is 59.0 Å². The van der Waals surface area contributed by atoms with Gasteiger partial charge in [-0.15, -0.1) is 0 Å². The molecule has 0 spiro atoms. The minimum absolute atomic E-state index is 0.0107. The Labute approximate surface area is 171 Å². The zero-order valence-electron chi connectivity index (χ0n) is 16.3. The van der Waals surface area contributed by atoms with Crippen molar-refractivity contribution >= 4 is 11.6 Å². The van der Waals surface area contributed by atoms with Crippen LogP contribution in [0.5, 0.6) is 0 Å². The number of alkyl halides is 3. The van der Waals surface area contributed by atoms with Crippen molar-refractivity contribution in [2.24, 2.45) is 0 Å². The van der Waals surface area contributed by atoms with Gasteiger partial charge in [0.2, 0.25) is 11.8 Å². The van der Waals surface area contributed by atoms with E-state index in [1.54, 1.807) is 11.8 Å². The molecule has 5 nitrogen and oxygen atoms in total. The molecule has 2 aromatic carbocycles. The highest BCUT2D eigenvalue weighted by molar-refractivity contribution is 5.95. The maximum absolute atomic E-state index is 12.7. The molecule has 2 heterocycles. The Bertz CT molecular complexity index is 1030. The maximum atomic E-state index is 12.7. The third-order valence-electron chi connectivity index (χ3n) is 5.09. The van der Waals surface area contributed by atoms with E-state index in [1.165, 1.54) is 12.1 Å². The summed E-state index contributed by atoms with van der Waals surface area (Å²) in [7, 11) is 0. The predicted molar refractivity (Wildman–Crippen MR) is 106 cm³/mol. The molecule has 30 heavy (non-hydrogen) atoms. The first-order valence-corrected chi connectivity index (χ1v) is 9.53. The second kappa shape index (κ2) is 7.95. The monoisotopic (exact) mass is 415 g/mol. The van der Waals surface area contributed by atoms with E-state index in [4.69, 9.17) is 4.42 Å². The standard InChI is InChI=1S/C22H20F3N3O2/c1-15-19(26-21(30-15)16-7-9-17(10-8-16)22(23,24)25)13-27-11-12-28(20(29)14-27)18-5-3-2-4-6-18/h2-10H,11-14H2,1H3. The van der Waals surface area contributed by atoms with Gasteiger partial charge in [-0.25, -0.2) is 4.98 Å². The van der Waals surface area contributed by atoms with Crippen LogP contribution in [0.1, 0.15) is 17.0 Å².